The number of carbonyl (C=O) groups excluding carboxylic acids is 1. The van der Waals surface area contributed by atoms with Crippen LogP contribution in [0.15, 0.2) is 12.2 Å². The zero-order valence-electron chi connectivity index (χ0n) is 64.1. The van der Waals surface area contributed by atoms with Crippen molar-refractivity contribution in [2.45, 2.75) is 498 Å². The van der Waals surface area contributed by atoms with Crippen LogP contribution >= 0.6 is 0 Å². The smallest absolute Gasteiger partial charge is 0.220 e. The molecule has 1 amide bonds. The minimum Gasteiger partial charge on any atom is -0.394 e. The molecule has 14 nitrogen and oxygen atoms in total. The highest BCUT2D eigenvalue weighted by Crippen LogP contribution is 2.31. The van der Waals surface area contributed by atoms with Crippen LogP contribution in [0, 0.1) is 0 Å². The van der Waals surface area contributed by atoms with Crippen molar-refractivity contribution in [3.63, 3.8) is 0 Å². The van der Waals surface area contributed by atoms with E-state index in [0.29, 0.717) is 0 Å². The predicted octanol–water partition coefficient (Wildman–Crippen LogP) is 20.0. The number of aliphatic hydroxyl groups excluding tert-OH is 8. The highest BCUT2D eigenvalue weighted by Gasteiger charge is 2.51. The predicted molar refractivity (Wildman–Crippen MR) is 406 cm³/mol. The van der Waals surface area contributed by atoms with Crippen LogP contribution < -0.4 is 5.32 Å². The molecule has 0 radical (unpaired) electrons. The third-order valence-corrected chi connectivity index (χ3v) is 21.5. The molecular weight excluding hydrogens is 1230 g/mol. The van der Waals surface area contributed by atoms with E-state index in [2.05, 4.69) is 19.2 Å². The van der Waals surface area contributed by atoms with Crippen molar-refractivity contribution < 1.29 is 64.6 Å². The third kappa shape index (κ3) is 51.0. The second-order valence-corrected chi connectivity index (χ2v) is 30.7. The molecule has 0 saturated carbocycles. The first-order valence-corrected chi connectivity index (χ1v) is 42.9. The summed E-state index contributed by atoms with van der Waals surface area (Å²) in [5, 5.41) is 87.8. The zero-order valence-corrected chi connectivity index (χ0v) is 64.1. The van der Waals surface area contributed by atoms with Crippen molar-refractivity contribution in [2.24, 2.45) is 0 Å². The number of aliphatic hydroxyl groups is 8. The summed E-state index contributed by atoms with van der Waals surface area (Å²) in [5.41, 5.74) is 0. The van der Waals surface area contributed by atoms with E-state index in [9.17, 15) is 45.6 Å². The van der Waals surface area contributed by atoms with Crippen LogP contribution in [0.25, 0.3) is 0 Å². The molecule has 2 aliphatic heterocycles. The van der Waals surface area contributed by atoms with Gasteiger partial charge in [0.15, 0.2) is 12.6 Å². The van der Waals surface area contributed by atoms with E-state index in [1.165, 1.54) is 360 Å². The van der Waals surface area contributed by atoms with Gasteiger partial charge in [-0.3, -0.25) is 4.79 Å². The van der Waals surface area contributed by atoms with Crippen LogP contribution in [0.2, 0.25) is 0 Å². The first-order valence-electron chi connectivity index (χ1n) is 42.9. The molecule has 98 heavy (non-hydrogen) atoms. The molecule has 12 atom stereocenters. The number of carbonyl (C=O) groups is 1. The Morgan fingerprint density at radius 1 is 0.357 bits per heavy atom. The summed E-state index contributed by atoms with van der Waals surface area (Å²) in [4.78, 5) is 13.4. The Labute approximate surface area is 603 Å². The number of hydrogen-bond donors (Lipinski definition) is 9. The molecule has 582 valence electrons. The van der Waals surface area contributed by atoms with Gasteiger partial charge in [-0.05, 0) is 19.3 Å². The number of allylic oxidation sites excluding steroid dienone is 1. The van der Waals surface area contributed by atoms with E-state index >= 15 is 0 Å². The lowest BCUT2D eigenvalue weighted by atomic mass is 9.97. The molecule has 0 aromatic heterocycles. The number of amides is 1. The Bertz CT molecular complexity index is 1690. The highest BCUT2D eigenvalue weighted by molar-refractivity contribution is 5.76. The fourth-order valence-electron chi connectivity index (χ4n) is 14.7. The van der Waals surface area contributed by atoms with Gasteiger partial charge in [0.05, 0.1) is 32.0 Å². The van der Waals surface area contributed by atoms with Gasteiger partial charge < -0.3 is 65.1 Å². The van der Waals surface area contributed by atoms with Gasteiger partial charge in [0.1, 0.15) is 48.8 Å². The largest absolute Gasteiger partial charge is 0.394 e. The molecule has 0 aliphatic carbocycles. The fraction of sp³-hybridized carbons (Fsp3) is 0.964. The molecule has 2 fully saturated rings. The molecule has 14 heteroatoms. The molecule has 9 N–H and O–H groups in total. The Morgan fingerprint density at radius 3 is 0.939 bits per heavy atom. The first-order chi connectivity index (χ1) is 48.1. The molecule has 2 saturated heterocycles. The lowest BCUT2D eigenvalue weighted by Crippen LogP contribution is -2.65. The molecule has 2 heterocycles. The Balaban J connectivity index is 1.56. The van der Waals surface area contributed by atoms with Crippen molar-refractivity contribution in [1.82, 2.24) is 5.32 Å². The molecule has 0 spiro atoms. The van der Waals surface area contributed by atoms with Gasteiger partial charge in [-0.25, -0.2) is 0 Å². The van der Waals surface area contributed by atoms with E-state index < -0.39 is 86.8 Å². The second kappa shape index (κ2) is 68.8. The maximum absolute atomic E-state index is 13.4. The topological polar surface area (TPSA) is 228 Å². The third-order valence-electron chi connectivity index (χ3n) is 21.5. The second-order valence-electron chi connectivity index (χ2n) is 30.7. The van der Waals surface area contributed by atoms with Crippen LogP contribution in [0.1, 0.15) is 425 Å². The number of nitrogens with one attached hydrogen (secondary N) is 1. The lowest BCUT2D eigenvalue weighted by molar-refractivity contribution is -0.359. The maximum atomic E-state index is 13.4. The average Bonchev–Trinajstić information content (AvgIpc) is 0.794. The standard InChI is InChI=1S/C84H163NO13/c1-3-5-7-9-11-13-15-17-19-21-23-25-27-29-31-32-33-34-35-36-37-38-39-40-41-42-44-46-48-50-52-54-56-58-60-62-64-66-68-76(89)85-72(71-95-83-81(94)79(92)82(75(70-87)97-83)98-84-80(93)78(91)77(90)74(69-86)96-84)73(88)67-65-63-61-59-57-55-53-51-49-47-45-43-30-28-26-24-22-20-18-16-14-12-10-8-6-4-2/h65,67,72-75,77-84,86-88,90-94H,3-64,66,68-71H2,1-2H3,(H,85,89)/b67-65+. The number of rotatable bonds is 74. The summed E-state index contributed by atoms with van der Waals surface area (Å²) in [6.07, 6.45) is 71.8. The van der Waals surface area contributed by atoms with Gasteiger partial charge in [0.2, 0.25) is 5.91 Å². The summed E-state index contributed by atoms with van der Waals surface area (Å²) in [6, 6.07) is -0.913. The Morgan fingerprint density at radius 2 is 0.633 bits per heavy atom. The van der Waals surface area contributed by atoms with Crippen LogP contribution in [-0.2, 0) is 23.7 Å². The molecule has 0 aromatic carbocycles. The van der Waals surface area contributed by atoms with Crippen LogP contribution in [-0.4, -0.2) is 140 Å². The summed E-state index contributed by atoms with van der Waals surface area (Å²) in [5.74, 6) is -0.228. The Hall–Kier alpha value is -1.27. The van der Waals surface area contributed by atoms with Gasteiger partial charge >= 0.3 is 0 Å². The van der Waals surface area contributed by atoms with Gasteiger partial charge in [-0.1, -0.05) is 411 Å². The minimum absolute atomic E-state index is 0.228. The molecule has 2 rings (SSSR count). The van der Waals surface area contributed by atoms with Crippen LogP contribution in [0.5, 0.6) is 0 Å². The van der Waals surface area contributed by atoms with E-state index in [0.717, 1.165) is 44.9 Å². The highest BCUT2D eigenvalue weighted by atomic mass is 16.7. The van der Waals surface area contributed by atoms with E-state index in [1.807, 2.05) is 6.08 Å². The van der Waals surface area contributed by atoms with E-state index in [1.54, 1.807) is 6.08 Å². The lowest BCUT2D eigenvalue weighted by Gasteiger charge is -2.46. The molecule has 2 aliphatic rings. The minimum atomic E-state index is -1.79. The van der Waals surface area contributed by atoms with Gasteiger partial charge in [0.25, 0.3) is 0 Å². The summed E-state index contributed by atoms with van der Waals surface area (Å²) >= 11 is 0. The maximum Gasteiger partial charge on any atom is 0.220 e. The van der Waals surface area contributed by atoms with Gasteiger partial charge in [0, 0.05) is 6.42 Å². The molecular formula is C84H163NO13. The van der Waals surface area contributed by atoms with E-state index in [-0.39, 0.29) is 18.9 Å². The molecule has 0 aromatic rings. The summed E-state index contributed by atoms with van der Waals surface area (Å²) in [6.45, 7) is 2.89. The fourth-order valence-corrected chi connectivity index (χ4v) is 14.7. The summed E-state index contributed by atoms with van der Waals surface area (Å²) in [7, 11) is 0. The van der Waals surface area contributed by atoms with Crippen molar-refractivity contribution in [3.05, 3.63) is 12.2 Å². The van der Waals surface area contributed by atoms with Gasteiger partial charge in [-0.2, -0.15) is 0 Å². The number of hydrogen-bond acceptors (Lipinski definition) is 13. The van der Waals surface area contributed by atoms with E-state index in [4.69, 9.17) is 18.9 Å². The molecule has 0 bridgehead atoms. The quantitative estimate of drug-likeness (QED) is 0.0204. The molecule has 12 unspecified atom stereocenters. The van der Waals surface area contributed by atoms with Crippen LogP contribution in [0.3, 0.4) is 0 Å². The normalized spacial score (nSPS) is 22.0. The number of ether oxygens (including phenoxy) is 4. The summed E-state index contributed by atoms with van der Waals surface area (Å²) < 4.78 is 22.9. The average molecular weight is 1400 g/mol. The van der Waals surface area contributed by atoms with Crippen molar-refractivity contribution in [1.29, 1.82) is 0 Å². The zero-order chi connectivity index (χ0) is 70.8. The first kappa shape index (κ1) is 92.8. The SMILES string of the molecule is CCCCCCCCCCCCCCCCCCCCCCCCCC/C=C/C(O)C(COC1OC(CO)C(OC2OC(CO)C(O)C(O)C2O)C(O)C1O)NC(=O)CCCCCCCCCCCCCCCCCCCCCCCCCCCCCCCCCCCCCCCC. The van der Waals surface area contributed by atoms with Crippen molar-refractivity contribution in [3.8, 4) is 0 Å². The monoisotopic (exact) mass is 1390 g/mol. The Kier molecular flexibility index (Phi) is 65.2. The van der Waals surface area contributed by atoms with Crippen molar-refractivity contribution in [2.75, 3.05) is 19.8 Å². The number of unbranched alkanes of at least 4 members (excludes halogenated alkanes) is 61. The van der Waals surface area contributed by atoms with Crippen LogP contribution in [0.4, 0.5) is 0 Å². The van der Waals surface area contributed by atoms with Gasteiger partial charge in [-0.15, -0.1) is 0 Å². The van der Waals surface area contributed by atoms with Crippen molar-refractivity contribution >= 4 is 5.91 Å².